The summed E-state index contributed by atoms with van der Waals surface area (Å²) in [7, 11) is 0. The van der Waals surface area contributed by atoms with Crippen LogP contribution in [-0.4, -0.2) is 15.9 Å². The van der Waals surface area contributed by atoms with Crippen LogP contribution in [0.2, 0.25) is 0 Å². The minimum Gasteiger partial charge on any atom is -0.322 e. The standard InChI is InChI=1S/C19H14FN5O/c1-12-10-17(18(26)23-14-8-6-13(11-21)7-9-14)25-19(22-12)24-16-5-3-2-4-15(16)20/h2-10H,1H3,(H,23,26)(H,22,24,25). The molecule has 0 aliphatic carbocycles. The van der Waals surface area contributed by atoms with Crippen LogP contribution in [0.25, 0.3) is 0 Å². The number of carbonyl (C=O) groups excluding carboxylic acids is 1. The van der Waals surface area contributed by atoms with E-state index in [0.29, 0.717) is 16.9 Å². The SMILES string of the molecule is Cc1cc(C(=O)Nc2ccc(C#N)cc2)nc(Nc2ccccc2F)n1. The van der Waals surface area contributed by atoms with Crippen molar-refractivity contribution in [2.24, 2.45) is 0 Å². The second-order valence-corrected chi connectivity index (χ2v) is 5.47. The molecule has 0 saturated carbocycles. The van der Waals surface area contributed by atoms with Gasteiger partial charge in [-0.15, -0.1) is 0 Å². The molecule has 0 bridgehead atoms. The zero-order valence-corrected chi connectivity index (χ0v) is 13.8. The molecule has 0 aliphatic heterocycles. The van der Waals surface area contributed by atoms with Crippen molar-refractivity contribution in [2.45, 2.75) is 6.92 Å². The average molecular weight is 347 g/mol. The molecule has 128 valence electrons. The summed E-state index contributed by atoms with van der Waals surface area (Å²) in [5, 5.41) is 14.3. The first-order chi connectivity index (χ1) is 12.5. The fourth-order valence-corrected chi connectivity index (χ4v) is 2.25. The molecular weight excluding hydrogens is 333 g/mol. The van der Waals surface area contributed by atoms with Gasteiger partial charge in [-0.3, -0.25) is 4.79 Å². The molecule has 0 saturated heterocycles. The summed E-state index contributed by atoms with van der Waals surface area (Å²) < 4.78 is 13.8. The van der Waals surface area contributed by atoms with E-state index in [1.807, 2.05) is 6.07 Å². The number of nitrogens with zero attached hydrogens (tertiary/aromatic N) is 3. The molecule has 1 aromatic heterocycles. The number of halogens is 1. The maximum absolute atomic E-state index is 13.8. The Morgan fingerprint density at radius 1 is 1.12 bits per heavy atom. The summed E-state index contributed by atoms with van der Waals surface area (Å²) in [6.45, 7) is 1.71. The van der Waals surface area contributed by atoms with Crippen LogP contribution in [0.4, 0.5) is 21.7 Å². The van der Waals surface area contributed by atoms with Gasteiger partial charge >= 0.3 is 0 Å². The molecule has 26 heavy (non-hydrogen) atoms. The van der Waals surface area contributed by atoms with Gasteiger partial charge in [0.2, 0.25) is 5.95 Å². The van der Waals surface area contributed by atoms with Gasteiger partial charge in [0.25, 0.3) is 5.91 Å². The third-order valence-electron chi connectivity index (χ3n) is 3.48. The number of nitriles is 1. The summed E-state index contributed by atoms with van der Waals surface area (Å²) in [5.74, 6) is -0.752. The highest BCUT2D eigenvalue weighted by Gasteiger charge is 2.12. The fraction of sp³-hybridized carbons (Fsp3) is 0.0526. The molecule has 6 nitrogen and oxygen atoms in total. The van der Waals surface area contributed by atoms with E-state index in [0.717, 1.165) is 0 Å². The molecule has 0 fully saturated rings. The molecular formula is C19H14FN5O. The number of para-hydroxylation sites is 1. The largest absolute Gasteiger partial charge is 0.322 e. The van der Waals surface area contributed by atoms with Crippen LogP contribution in [-0.2, 0) is 0 Å². The number of amides is 1. The number of aromatic nitrogens is 2. The van der Waals surface area contributed by atoms with E-state index in [2.05, 4.69) is 20.6 Å². The van der Waals surface area contributed by atoms with Crippen molar-refractivity contribution in [1.29, 1.82) is 5.26 Å². The maximum Gasteiger partial charge on any atom is 0.274 e. The van der Waals surface area contributed by atoms with Gasteiger partial charge in [0.05, 0.1) is 17.3 Å². The third-order valence-corrected chi connectivity index (χ3v) is 3.48. The third kappa shape index (κ3) is 3.99. The van der Waals surface area contributed by atoms with E-state index in [-0.39, 0.29) is 17.3 Å². The number of hydrogen-bond donors (Lipinski definition) is 2. The Bertz CT molecular complexity index is 996. The molecule has 0 spiro atoms. The topological polar surface area (TPSA) is 90.7 Å². The lowest BCUT2D eigenvalue weighted by Crippen LogP contribution is -2.15. The lowest BCUT2D eigenvalue weighted by molar-refractivity contribution is 0.102. The van der Waals surface area contributed by atoms with Gasteiger partial charge in [0.1, 0.15) is 11.5 Å². The van der Waals surface area contributed by atoms with Gasteiger partial charge in [-0.1, -0.05) is 12.1 Å². The molecule has 0 aliphatic rings. The molecule has 0 radical (unpaired) electrons. The van der Waals surface area contributed by atoms with Crippen molar-refractivity contribution in [3.8, 4) is 6.07 Å². The predicted octanol–water partition coefficient (Wildman–Crippen LogP) is 3.79. The van der Waals surface area contributed by atoms with Gasteiger partial charge in [-0.25, -0.2) is 14.4 Å². The number of aryl methyl sites for hydroxylation is 1. The normalized spacial score (nSPS) is 10.0. The maximum atomic E-state index is 13.8. The minimum absolute atomic E-state index is 0.125. The van der Waals surface area contributed by atoms with E-state index in [1.54, 1.807) is 49.4 Å². The van der Waals surface area contributed by atoms with Crippen LogP contribution in [0, 0.1) is 24.1 Å². The average Bonchev–Trinajstić information content (AvgIpc) is 2.64. The molecule has 7 heteroatoms. The number of anilines is 3. The number of rotatable bonds is 4. The number of benzene rings is 2. The molecule has 1 amide bonds. The first-order valence-corrected chi connectivity index (χ1v) is 7.74. The first-order valence-electron chi connectivity index (χ1n) is 7.74. The number of nitrogens with one attached hydrogen (secondary N) is 2. The minimum atomic E-state index is -0.443. The lowest BCUT2D eigenvalue weighted by atomic mass is 10.2. The van der Waals surface area contributed by atoms with Gasteiger partial charge in [0, 0.05) is 11.4 Å². The summed E-state index contributed by atoms with van der Waals surface area (Å²) >= 11 is 0. The van der Waals surface area contributed by atoms with E-state index in [9.17, 15) is 9.18 Å². The highest BCUT2D eigenvalue weighted by molar-refractivity contribution is 6.03. The Hall–Kier alpha value is -3.79. The summed E-state index contributed by atoms with van der Waals surface area (Å²) in [6.07, 6.45) is 0. The van der Waals surface area contributed by atoms with Crippen molar-refractivity contribution >= 4 is 23.2 Å². The fourth-order valence-electron chi connectivity index (χ4n) is 2.25. The quantitative estimate of drug-likeness (QED) is 0.749. The van der Waals surface area contributed by atoms with E-state index in [1.165, 1.54) is 12.1 Å². The summed E-state index contributed by atoms with van der Waals surface area (Å²) in [5.41, 5.74) is 1.95. The molecule has 3 rings (SSSR count). The van der Waals surface area contributed by atoms with Crippen LogP contribution in [0.3, 0.4) is 0 Å². The molecule has 0 unspecified atom stereocenters. The monoisotopic (exact) mass is 347 g/mol. The zero-order valence-electron chi connectivity index (χ0n) is 13.8. The summed E-state index contributed by atoms with van der Waals surface area (Å²) in [4.78, 5) is 20.7. The van der Waals surface area contributed by atoms with Gasteiger partial charge in [-0.05, 0) is 49.4 Å². The Kier molecular flexibility index (Phi) is 4.85. The van der Waals surface area contributed by atoms with Crippen LogP contribution in [0.15, 0.2) is 54.6 Å². The lowest BCUT2D eigenvalue weighted by Gasteiger charge is -2.09. The van der Waals surface area contributed by atoms with Crippen molar-refractivity contribution < 1.29 is 9.18 Å². The molecule has 0 atom stereocenters. The van der Waals surface area contributed by atoms with Crippen LogP contribution in [0.5, 0.6) is 0 Å². The Morgan fingerprint density at radius 2 is 1.85 bits per heavy atom. The second-order valence-electron chi connectivity index (χ2n) is 5.47. The van der Waals surface area contributed by atoms with E-state index in [4.69, 9.17) is 5.26 Å². The molecule has 1 heterocycles. The van der Waals surface area contributed by atoms with Crippen molar-refractivity contribution in [3.05, 3.63) is 77.4 Å². The first kappa shape index (κ1) is 17.0. The van der Waals surface area contributed by atoms with E-state index < -0.39 is 11.7 Å². The van der Waals surface area contributed by atoms with Crippen molar-refractivity contribution in [3.63, 3.8) is 0 Å². The molecule has 2 N–H and O–H groups in total. The summed E-state index contributed by atoms with van der Waals surface area (Å²) in [6, 6.07) is 16.1. The van der Waals surface area contributed by atoms with Gasteiger partial charge in [0.15, 0.2) is 0 Å². The van der Waals surface area contributed by atoms with Gasteiger partial charge in [-0.2, -0.15) is 5.26 Å². The molecule has 3 aromatic rings. The second kappa shape index (κ2) is 7.40. The smallest absolute Gasteiger partial charge is 0.274 e. The highest BCUT2D eigenvalue weighted by Crippen LogP contribution is 2.18. The van der Waals surface area contributed by atoms with Crippen LogP contribution in [0.1, 0.15) is 21.7 Å². The predicted molar refractivity (Wildman–Crippen MR) is 95.6 cm³/mol. The Balaban J connectivity index is 1.81. The zero-order chi connectivity index (χ0) is 18.5. The highest BCUT2D eigenvalue weighted by atomic mass is 19.1. The van der Waals surface area contributed by atoms with Crippen molar-refractivity contribution in [1.82, 2.24) is 9.97 Å². The number of hydrogen-bond acceptors (Lipinski definition) is 5. The molecule has 2 aromatic carbocycles. The van der Waals surface area contributed by atoms with Crippen LogP contribution < -0.4 is 10.6 Å². The Labute approximate surface area is 149 Å². The van der Waals surface area contributed by atoms with E-state index >= 15 is 0 Å². The number of carbonyl (C=O) groups is 1. The Morgan fingerprint density at radius 3 is 2.54 bits per heavy atom. The van der Waals surface area contributed by atoms with Crippen LogP contribution >= 0.6 is 0 Å². The van der Waals surface area contributed by atoms with Gasteiger partial charge < -0.3 is 10.6 Å². The van der Waals surface area contributed by atoms with Crippen molar-refractivity contribution in [2.75, 3.05) is 10.6 Å².